The zero-order valence-corrected chi connectivity index (χ0v) is 9.59. The first-order chi connectivity index (χ1) is 8.17. The molecule has 0 amide bonds. The second-order valence-corrected chi connectivity index (χ2v) is 4.41. The predicted octanol–water partition coefficient (Wildman–Crippen LogP) is 2.77. The standard InChI is InChI=1S/C12H9ClN4/c13-9-3-1-8(2-4-9)12(14)6-5-10-11(7-12)16-17-15-10/h1-7H,14H2. The molecule has 0 spiro atoms. The Kier molecular flexibility index (Phi) is 2.21. The molecule has 17 heavy (non-hydrogen) atoms. The average Bonchev–Trinajstić information content (AvgIpc) is 2.76. The molecule has 5 heteroatoms. The number of allylic oxidation sites excluding steroid dienone is 1. The monoisotopic (exact) mass is 244 g/mol. The van der Waals surface area contributed by atoms with Crippen molar-refractivity contribution in [2.45, 2.75) is 5.54 Å². The minimum absolute atomic E-state index is 0.678. The molecule has 1 heterocycles. The molecule has 4 nitrogen and oxygen atoms in total. The highest BCUT2D eigenvalue weighted by Gasteiger charge is 2.28. The number of fused-ring (bicyclic) bond motifs is 1. The van der Waals surface area contributed by atoms with Crippen LogP contribution in [0.5, 0.6) is 0 Å². The predicted molar refractivity (Wildman–Crippen MR) is 66.8 cm³/mol. The van der Waals surface area contributed by atoms with Crippen molar-refractivity contribution in [1.82, 2.24) is 0 Å². The van der Waals surface area contributed by atoms with Crippen molar-refractivity contribution < 1.29 is 0 Å². The SMILES string of the molecule is NC1(c2ccc(Cl)cc2)C=CC2=NN=NC2=C1. The van der Waals surface area contributed by atoms with E-state index in [9.17, 15) is 0 Å². The van der Waals surface area contributed by atoms with Crippen LogP contribution in [0.15, 0.2) is 63.6 Å². The Morgan fingerprint density at radius 1 is 1.18 bits per heavy atom. The third-order valence-corrected chi connectivity index (χ3v) is 3.06. The second-order valence-electron chi connectivity index (χ2n) is 3.98. The van der Waals surface area contributed by atoms with E-state index in [0.29, 0.717) is 10.7 Å². The van der Waals surface area contributed by atoms with Gasteiger partial charge in [0.1, 0.15) is 11.4 Å². The second kappa shape index (κ2) is 3.61. The van der Waals surface area contributed by atoms with Crippen molar-refractivity contribution in [3.63, 3.8) is 0 Å². The van der Waals surface area contributed by atoms with Crippen molar-refractivity contribution in [2.75, 3.05) is 0 Å². The minimum atomic E-state index is -0.678. The Hall–Kier alpha value is -1.78. The Morgan fingerprint density at radius 3 is 2.71 bits per heavy atom. The smallest absolute Gasteiger partial charge is 0.115 e. The molecule has 2 aliphatic rings. The number of hydrogen-bond donors (Lipinski definition) is 1. The number of hydrogen-bond acceptors (Lipinski definition) is 4. The van der Waals surface area contributed by atoms with E-state index in [4.69, 9.17) is 17.3 Å². The van der Waals surface area contributed by atoms with Gasteiger partial charge in [0, 0.05) is 5.02 Å². The van der Waals surface area contributed by atoms with Crippen LogP contribution in [0.1, 0.15) is 5.56 Å². The molecule has 84 valence electrons. The van der Waals surface area contributed by atoms with Gasteiger partial charge in [0.15, 0.2) is 0 Å². The molecule has 0 aromatic heterocycles. The maximum atomic E-state index is 6.32. The molecule has 3 rings (SSSR count). The fourth-order valence-electron chi connectivity index (χ4n) is 1.85. The quantitative estimate of drug-likeness (QED) is 0.811. The van der Waals surface area contributed by atoms with Crippen LogP contribution in [0.4, 0.5) is 0 Å². The summed E-state index contributed by atoms with van der Waals surface area (Å²) >= 11 is 5.86. The Balaban J connectivity index is 2.05. The van der Waals surface area contributed by atoms with E-state index in [1.807, 2.05) is 42.5 Å². The molecule has 0 fully saturated rings. The summed E-state index contributed by atoms with van der Waals surface area (Å²) in [5.74, 6) is 0. The Labute approximate surface area is 103 Å². The molecule has 1 aliphatic carbocycles. The highest BCUT2D eigenvalue weighted by molar-refractivity contribution is 6.30. The summed E-state index contributed by atoms with van der Waals surface area (Å²) < 4.78 is 0. The third kappa shape index (κ3) is 1.71. The topological polar surface area (TPSA) is 63.1 Å². The average molecular weight is 245 g/mol. The van der Waals surface area contributed by atoms with Crippen molar-refractivity contribution in [3.8, 4) is 0 Å². The van der Waals surface area contributed by atoms with Gasteiger partial charge in [-0.15, -0.1) is 10.2 Å². The summed E-state index contributed by atoms with van der Waals surface area (Å²) in [4.78, 5) is 0. The van der Waals surface area contributed by atoms with Gasteiger partial charge in [0.25, 0.3) is 0 Å². The van der Waals surface area contributed by atoms with Crippen LogP contribution in [0.25, 0.3) is 0 Å². The van der Waals surface area contributed by atoms with Crippen LogP contribution >= 0.6 is 11.6 Å². The maximum absolute atomic E-state index is 6.32. The highest BCUT2D eigenvalue weighted by atomic mass is 35.5. The first-order valence-electron chi connectivity index (χ1n) is 5.13. The van der Waals surface area contributed by atoms with Crippen molar-refractivity contribution in [1.29, 1.82) is 0 Å². The molecule has 0 saturated carbocycles. The van der Waals surface area contributed by atoms with E-state index in [1.165, 1.54) is 0 Å². The van der Waals surface area contributed by atoms with Crippen LogP contribution < -0.4 is 5.73 Å². The van der Waals surface area contributed by atoms with E-state index in [2.05, 4.69) is 15.4 Å². The van der Waals surface area contributed by atoms with Gasteiger partial charge >= 0.3 is 0 Å². The number of rotatable bonds is 1. The van der Waals surface area contributed by atoms with E-state index >= 15 is 0 Å². The molecular weight excluding hydrogens is 236 g/mol. The minimum Gasteiger partial charge on any atom is -0.315 e. The van der Waals surface area contributed by atoms with Crippen molar-refractivity contribution in [2.24, 2.45) is 21.2 Å². The van der Waals surface area contributed by atoms with Crippen molar-refractivity contribution >= 4 is 17.3 Å². The lowest BCUT2D eigenvalue weighted by atomic mass is 9.86. The van der Waals surface area contributed by atoms with Gasteiger partial charge in [-0.3, -0.25) is 0 Å². The van der Waals surface area contributed by atoms with E-state index < -0.39 is 5.54 Å². The van der Waals surface area contributed by atoms with Crippen LogP contribution in [0.3, 0.4) is 0 Å². The first kappa shape index (κ1) is 10.4. The van der Waals surface area contributed by atoms with E-state index in [-0.39, 0.29) is 0 Å². The van der Waals surface area contributed by atoms with Crippen LogP contribution in [-0.4, -0.2) is 5.71 Å². The van der Waals surface area contributed by atoms with Crippen molar-refractivity contribution in [3.05, 3.63) is 58.8 Å². The zero-order chi connectivity index (χ0) is 11.9. The molecule has 0 saturated heterocycles. The third-order valence-electron chi connectivity index (χ3n) is 2.80. The number of nitrogens with zero attached hydrogens (tertiary/aromatic N) is 3. The summed E-state index contributed by atoms with van der Waals surface area (Å²) in [6, 6.07) is 7.44. The van der Waals surface area contributed by atoms with E-state index in [0.717, 1.165) is 11.3 Å². The molecule has 0 bridgehead atoms. The van der Waals surface area contributed by atoms with Gasteiger partial charge < -0.3 is 5.73 Å². The van der Waals surface area contributed by atoms with Gasteiger partial charge in [-0.05, 0) is 35.1 Å². The van der Waals surface area contributed by atoms with Crippen LogP contribution in [0, 0.1) is 0 Å². The summed E-state index contributed by atoms with van der Waals surface area (Å²) in [5, 5.41) is 12.1. The summed E-state index contributed by atoms with van der Waals surface area (Å²) in [6.45, 7) is 0. The fourth-order valence-corrected chi connectivity index (χ4v) is 1.98. The number of benzene rings is 1. The lowest BCUT2D eigenvalue weighted by Crippen LogP contribution is -2.34. The van der Waals surface area contributed by atoms with Gasteiger partial charge in [0.05, 0.1) is 5.54 Å². The molecule has 1 unspecified atom stereocenters. The van der Waals surface area contributed by atoms with Gasteiger partial charge in [0.2, 0.25) is 0 Å². The molecule has 1 atom stereocenters. The fraction of sp³-hybridized carbons (Fsp3) is 0.0833. The Bertz CT molecular complexity index is 583. The van der Waals surface area contributed by atoms with Gasteiger partial charge in [-0.1, -0.05) is 29.8 Å². The first-order valence-corrected chi connectivity index (χ1v) is 5.51. The molecule has 2 N–H and O–H groups in total. The summed E-state index contributed by atoms with van der Waals surface area (Å²) in [5.41, 5.74) is 8.06. The van der Waals surface area contributed by atoms with Gasteiger partial charge in [-0.2, -0.15) is 0 Å². The van der Waals surface area contributed by atoms with Crippen LogP contribution in [-0.2, 0) is 5.54 Å². The molecule has 1 aromatic carbocycles. The maximum Gasteiger partial charge on any atom is 0.115 e. The summed E-state index contributed by atoms with van der Waals surface area (Å²) in [7, 11) is 0. The van der Waals surface area contributed by atoms with Gasteiger partial charge in [-0.25, -0.2) is 0 Å². The summed E-state index contributed by atoms with van der Waals surface area (Å²) in [6.07, 6.45) is 5.57. The molecule has 0 radical (unpaired) electrons. The number of nitrogens with two attached hydrogens (primary N) is 1. The lowest BCUT2D eigenvalue weighted by molar-refractivity contribution is 0.705. The zero-order valence-electron chi connectivity index (χ0n) is 8.84. The largest absolute Gasteiger partial charge is 0.315 e. The molecule has 1 aliphatic heterocycles. The molecular formula is C12H9ClN4. The number of halogens is 1. The van der Waals surface area contributed by atoms with E-state index in [1.54, 1.807) is 0 Å². The highest BCUT2D eigenvalue weighted by Crippen LogP contribution is 2.30. The normalized spacial score (nSPS) is 25.5. The lowest BCUT2D eigenvalue weighted by Gasteiger charge is -2.25. The Morgan fingerprint density at radius 2 is 1.94 bits per heavy atom. The molecule has 1 aromatic rings. The van der Waals surface area contributed by atoms with Crippen LogP contribution in [0.2, 0.25) is 5.02 Å².